The van der Waals surface area contributed by atoms with Gasteiger partial charge in [-0.3, -0.25) is 0 Å². The molecule has 1 aromatic heterocycles. The molecule has 0 spiro atoms. The van der Waals surface area contributed by atoms with E-state index < -0.39 is 0 Å². The lowest BCUT2D eigenvalue weighted by Crippen LogP contribution is -2.18. The monoisotopic (exact) mass is 344 g/mol. The SMILES string of the molecule is CNC(c1nc(C)c(C)s1)c1ccc(Cl)cc1Br. The molecule has 1 heterocycles. The summed E-state index contributed by atoms with van der Waals surface area (Å²) in [6.07, 6.45) is 0. The maximum atomic E-state index is 5.98. The molecule has 0 aliphatic carbocycles. The molecule has 1 atom stereocenters. The Balaban J connectivity index is 2.45. The molecule has 0 saturated carbocycles. The van der Waals surface area contributed by atoms with E-state index in [0.29, 0.717) is 0 Å². The summed E-state index contributed by atoms with van der Waals surface area (Å²) in [6.45, 7) is 4.14. The standard InChI is InChI=1S/C13H14BrClN2S/c1-7-8(2)18-13(17-7)12(16-3)10-5-4-9(15)6-11(10)14/h4-6,12,16H,1-3H3. The summed E-state index contributed by atoms with van der Waals surface area (Å²) < 4.78 is 1.000. The fourth-order valence-corrected chi connectivity index (χ4v) is 3.73. The van der Waals surface area contributed by atoms with Gasteiger partial charge in [0.1, 0.15) is 5.01 Å². The Labute approximate surface area is 125 Å². The minimum atomic E-state index is 0.0917. The first kappa shape index (κ1) is 14.0. The summed E-state index contributed by atoms with van der Waals surface area (Å²) in [6, 6.07) is 5.93. The fraction of sp³-hybridized carbons (Fsp3) is 0.308. The van der Waals surface area contributed by atoms with E-state index in [4.69, 9.17) is 11.6 Å². The van der Waals surface area contributed by atoms with Crippen molar-refractivity contribution in [2.45, 2.75) is 19.9 Å². The van der Waals surface area contributed by atoms with Crippen molar-refractivity contribution >= 4 is 38.9 Å². The lowest BCUT2D eigenvalue weighted by Gasteiger charge is -2.15. The second-order valence-electron chi connectivity index (χ2n) is 4.08. The molecule has 0 amide bonds. The van der Waals surface area contributed by atoms with Gasteiger partial charge in [-0.05, 0) is 38.6 Å². The molecule has 2 nitrogen and oxygen atoms in total. The molecule has 1 aromatic carbocycles. The topological polar surface area (TPSA) is 24.9 Å². The van der Waals surface area contributed by atoms with Crippen LogP contribution in [0.4, 0.5) is 0 Å². The van der Waals surface area contributed by atoms with E-state index in [9.17, 15) is 0 Å². The molecule has 1 N–H and O–H groups in total. The van der Waals surface area contributed by atoms with Crippen molar-refractivity contribution in [3.63, 3.8) is 0 Å². The highest BCUT2D eigenvalue weighted by Gasteiger charge is 2.19. The highest BCUT2D eigenvalue weighted by Crippen LogP contribution is 2.33. The van der Waals surface area contributed by atoms with Crippen LogP contribution in [-0.2, 0) is 0 Å². The molecule has 0 bridgehead atoms. The number of benzene rings is 1. The van der Waals surface area contributed by atoms with E-state index in [-0.39, 0.29) is 6.04 Å². The molecule has 0 saturated heterocycles. The molecule has 5 heteroatoms. The summed E-state index contributed by atoms with van der Waals surface area (Å²) in [7, 11) is 1.94. The molecule has 2 rings (SSSR count). The van der Waals surface area contributed by atoms with Crippen molar-refractivity contribution in [1.82, 2.24) is 10.3 Å². The van der Waals surface area contributed by atoms with Crippen molar-refractivity contribution < 1.29 is 0 Å². The largest absolute Gasteiger partial charge is 0.307 e. The number of halogens is 2. The number of hydrogen-bond acceptors (Lipinski definition) is 3. The van der Waals surface area contributed by atoms with Crippen molar-refractivity contribution in [3.8, 4) is 0 Å². The number of hydrogen-bond donors (Lipinski definition) is 1. The zero-order valence-corrected chi connectivity index (χ0v) is 13.6. The molecule has 2 aromatic rings. The van der Waals surface area contributed by atoms with Crippen LogP contribution in [0.25, 0.3) is 0 Å². The lowest BCUT2D eigenvalue weighted by atomic mass is 10.1. The highest BCUT2D eigenvalue weighted by atomic mass is 79.9. The number of aryl methyl sites for hydroxylation is 2. The van der Waals surface area contributed by atoms with Gasteiger partial charge in [0.15, 0.2) is 0 Å². The van der Waals surface area contributed by atoms with Gasteiger partial charge >= 0.3 is 0 Å². The van der Waals surface area contributed by atoms with Crippen molar-refractivity contribution in [2.75, 3.05) is 7.05 Å². The molecule has 0 radical (unpaired) electrons. The van der Waals surface area contributed by atoms with E-state index in [1.54, 1.807) is 11.3 Å². The molecular weight excluding hydrogens is 332 g/mol. The van der Waals surface area contributed by atoms with Gasteiger partial charge in [-0.2, -0.15) is 0 Å². The second kappa shape index (κ2) is 5.70. The van der Waals surface area contributed by atoms with Gasteiger partial charge in [0.05, 0.1) is 11.7 Å². The maximum Gasteiger partial charge on any atom is 0.115 e. The number of rotatable bonds is 3. The minimum Gasteiger partial charge on any atom is -0.307 e. The zero-order valence-electron chi connectivity index (χ0n) is 10.4. The first-order valence-electron chi connectivity index (χ1n) is 5.59. The maximum absolute atomic E-state index is 5.98. The Morgan fingerprint density at radius 1 is 1.39 bits per heavy atom. The molecule has 0 aliphatic rings. The average molecular weight is 346 g/mol. The van der Waals surface area contributed by atoms with Crippen molar-refractivity contribution in [1.29, 1.82) is 0 Å². The van der Waals surface area contributed by atoms with E-state index >= 15 is 0 Å². The first-order chi connectivity index (χ1) is 8.52. The van der Waals surface area contributed by atoms with Gasteiger partial charge in [-0.15, -0.1) is 11.3 Å². The van der Waals surface area contributed by atoms with Crippen LogP contribution in [0.3, 0.4) is 0 Å². The Morgan fingerprint density at radius 3 is 2.61 bits per heavy atom. The predicted molar refractivity (Wildman–Crippen MR) is 81.6 cm³/mol. The van der Waals surface area contributed by atoms with Gasteiger partial charge in [0.2, 0.25) is 0 Å². The normalized spacial score (nSPS) is 12.7. The smallest absolute Gasteiger partial charge is 0.115 e. The van der Waals surface area contributed by atoms with Crippen LogP contribution >= 0.6 is 38.9 Å². The highest BCUT2D eigenvalue weighted by molar-refractivity contribution is 9.10. The number of nitrogens with one attached hydrogen (secondary N) is 1. The van der Waals surface area contributed by atoms with Crippen LogP contribution in [0.5, 0.6) is 0 Å². The molecule has 1 unspecified atom stereocenters. The summed E-state index contributed by atoms with van der Waals surface area (Å²) in [5.41, 5.74) is 2.25. The number of thiazole rings is 1. The minimum absolute atomic E-state index is 0.0917. The summed E-state index contributed by atoms with van der Waals surface area (Å²) in [4.78, 5) is 5.88. The van der Waals surface area contributed by atoms with E-state index in [1.807, 2.05) is 32.2 Å². The van der Waals surface area contributed by atoms with Crippen LogP contribution in [0.15, 0.2) is 22.7 Å². The molecule has 0 aliphatic heterocycles. The van der Waals surface area contributed by atoms with E-state index in [0.717, 1.165) is 25.8 Å². The van der Waals surface area contributed by atoms with Crippen LogP contribution in [0, 0.1) is 13.8 Å². The zero-order chi connectivity index (χ0) is 13.3. The van der Waals surface area contributed by atoms with Crippen LogP contribution in [0.2, 0.25) is 5.02 Å². The Morgan fingerprint density at radius 2 is 2.11 bits per heavy atom. The van der Waals surface area contributed by atoms with E-state index in [2.05, 4.69) is 33.2 Å². The van der Waals surface area contributed by atoms with Gasteiger partial charge in [-0.1, -0.05) is 33.6 Å². The lowest BCUT2D eigenvalue weighted by molar-refractivity contribution is 0.682. The number of nitrogens with zero attached hydrogens (tertiary/aromatic N) is 1. The fourth-order valence-electron chi connectivity index (χ4n) is 1.77. The Bertz CT molecular complexity index is 549. The number of aromatic nitrogens is 1. The van der Waals surface area contributed by atoms with Gasteiger partial charge in [0.25, 0.3) is 0 Å². The van der Waals surface area contributed by atoms with Gasteiger partial charge in [-0.25, -0.2) is 4.98 Å². The van der Waals surface area contributed by atoms with Crippen molar-refractivity contribution in [3.05, 3.63) is 48.8 Å². The molecule has 96 valence electrons. The van der Waals surface area contributed by atoms with Crippen LogP contribution < -0.4 is 5.32 Å². The summed E-state index contributed by atoms with van der Waals surface area (Å²) in [5.74, 6) is 0. The molecule has 18 heavy (non-hydrogen) atoms. The predicted octanol–water partition coefficient (Wildman–Crippen LogP) is 4.48. The summed E-state index contributed by atoms with van der Waals surface area (Å²) in [5, 5.41) is 5.12. The van der Waals surface area contributed by atoms with Crippen LogP contribution in [-0.4, -0.2) is 12.0 Å². The second-order valence-corrected chi connectivity index (χ2v) is 6.61. The Hall–Kier alpha value is -0.420. The third-order valence-electron chi connectivity index (χ3n) is 2.85. The van der Waals surface area contributed by atoms with Crippen LogP contribution in [0.1, 0.15) is 27.2 Å². The quantitative estimate of drug-likeness (QED) is 0.887. The van der Waals surface area contributed by atoms with Gasteiger partial charge in [0, 0.05) is 14.4 Å². The van der Waals surface area contributed by atoms with Crippen molar-refractivity contribution in [2.24, 2.45) is 0 Å². The van der Waals surface area contributed by atoms with Gasteiger partial charge < -0.3 is 5.32 Å². The molecular formula is C13H14BrClN2S. The molecule has 0 fully saturated rings. The first-order valence-corrected chi connectivity index (χ1v) is 7.57. The third kappa shape index (κ3) is 2.77. The Kier molecular flexibility index (Phi) is 4.43. The summed E-state index contributed by atoms with van der Waals surface area (Å²) >= 11 is 11.3. The van der Waals surface area contributed by atoms with E-state index in [1.165, 1.54) is 4.88 Å². The third-order valence-corrected chi connectivity index (χ3v) is 4.91. The average Bonchev–Trinajstić information content (AvgIpc) is 2.63.